The van der Waals surface area contributed by atoms with E-state index in [1.165, 1.54) is 192 Å². The molecule has 0 unspecified atom stereocenters. The molecule has 12 aromatic carbocycles. The van der Waals surface area contributed by atoms with Gasteiger partial charge in [0.15, 0.2) is 0 Å². The summed E-state index contributed by atoms with van der Waals surface area (Å²) >= 11 is 0. The zero-order chi connectivity index (χ0) is 56.5. The Labute approximate surface area is 493 Å². The van der Waals surface area contributed by atoms with Crippen molar-refractivity contribution in [2.75, 3.05) is 9.80 Å². The van der Waals surface area contributed by atoms with E-state index in [1.54, 1.807) is 0 Å². The lowest BCUT2D eigenvalue weighted by Crippen LogP contribution is -2.18. The summed E-state index contributed by atoms with van der Waals surface area (Å²) in [6.07, 6.45) is 9.11. The van der Waals surface area contributed by atoms with Crippen LogP contribution in [0.5, 0.6) is 0 Å². The Morgan fingerprint density at radius 2 is 0.690 bits per heavy atom. The molecule has 0 spiro atoms. The highest BCUT2D eigenvalue weighted by atomic mass is 15.2. The standard InChI is InChI=1S/C80H70N4/c1-49(2)65-47-75(81(69-39-19-27-53-25-9-11-29-55(53)69)73-41-21-33-61-57-31-13-17-37-71(57)83(79(61)73)67-35-15-7-23-51(67)5)63-46-44-60-66(50(3)4)48-76(64-45-43-59(65)77(63)78(60)64)82(70-40-20-28-54-26-10-12-30-56(54)70)74-42-22-34-62-58-32-14-18-38-72(58)84(80(62)74)68-36-16-8-24-52(68)6/h7-8,13-24,27-28,31-50H,9-12,25-26,29-30H2,1-6H3. The molecule has 84 heavy (non-hydrogen) atoms. The Bertz CT molecular complexity index is 4650. The van der Waals surface area contributed by atoms with E-state index in [9.17, 15) is 0 Å². The highest BCUT2D eigenvalue weighted by Crippen LogP contribution is 2.55. The van der Waals surface area contributed by atoms with Crippen molar-refractivity contribution in [1.82, 2.24) is 9.13 Å². The Morgan fingerprint density at radius 3 is 1.13 bits per heavy atom. The summed E-state index contributed by atoms with van der Waals surface area (Å²) in [6, 6.07) is 79.6. The molecule has 0 aliphatic heterocycles. The van der Waals surface area contributed by atoms with Crippen LogP contribution in [0.2, 0.25) is 0 Å². The van der Waals surface area contributed by atoms with Gasteiger partial charge >= 0.3 is 0 Å². The van der Waals surface area contributed by atoms with E-state index in [-0.39, 0.29) is 11.8 Å². The van der Waals surface area contributed by atoms with Crippen LogP contribution in [0.25, 0.3) is 87.3 Å². The van der Waals surface area contributed by atoms with Crippen LogP contribution in [-0.2, 0) is 25.7 Å². The third kappa shape index (κ3) is 7.58. The van der Waals surface area contributed by atoms with Crippen molar-refractivity contribution in [2.45, 2.75) is 105 Å². The van der Waals surface area contributed by atoms with Gasteiger partial charge in [0.05, 0.1) is 44.8 Å². The molecule has 0 fully saturated rings. The van der Waals surface area contributed by atoms with Crippen molar-refractivity contribution in [1.29, 1.82) is 0 Å². The number of aryl methyl sites for hydroxylation is 4. The van der Waals surface area contributed by atoms with Crippen molar-refractivity contribution in [3.63, 3.8) is 0 Å². The van der Waals surface area contributed by atoms with Crippen LogP contribution >= 0.6 is 0 Å². The summed E-state index contributed by atoms with van der Waals surface area (Å²) in [5.74, 6) is 0.484. The lowest BCUT2D eigenvalue weighted by molar-refractivity contribution is 0.686. The fourth-order valence-corrected chi connectivity index (χ4v) is 15.5. The molecule has 0 N–H and O–H groups in total. The quantitative estimate of drug-likeness (QED) is 0.127. The molecule has 4 heteroatoms. The number of rotatable bonds is 10. The zero-order valence-electron chi connectivity index (χ0n) is 49.2. The van der Waals surface area contributed by atoms with E-state index in [0.29, 0.717) is 0 Å². The first-order chi connectivity index (χ1) is 41.2. The topological polar surface area (TPSA) is 16.3 Å². The van der Waals surface area contributed by atoms with Crippen LogP contribution in [0.3, 0.4) is 0 Å². The molecular weight excluding hydrogens is 1020 g/mol. The number of benzene rings is 12. The van der Waals surface area contributed by atoms with Gasteiger partial charge in [0.1, 0.15) is 0 Å². The molecule has 14 aromatic rings. The number of aromatic nitrogens is 2. The monoisotopic (exact) mass is 1090 g/mol. The summed E-state index contributed by atoms with van der Waals surface area (Å²) in [5, 5.41) is 12.9. The van der Waals surface area contributed by atoms with Gasteiger partial charge in [-0.05, 0) is 204 Å². The number of para-hydroxylation sites is 6. The van der Waals surface area contributed by atoms with Crippen molar-refractivity contribution < 1.29 is 0 Å². The molecule has 2 aliphatic carbocycles. The molecule has 0 atom stereocenters. The first-order valence-electron chi connectivity index (χ1n) is 31.0. The Hall–Kier alpha value is -9.12. The summed E-state index contributed by atoms with van der Waals surface area (Å²) in [4.78, 5) is 5.44. The second kappa shape index (κ2) is 19.8. The maximum Gasteiger partial charge on any atom is 0.0782 e. The zero-order valence-corrected chi connectivity index (χ0v) is 49.2. The average molecular weight is 1090 g/mol. The van der Waals surface area contributed by atoms with E-state index in [2.05, 4.69) is 267 Å². The minimum absolute atomic E-state index is 0.242. The van der Waals surface area contributed by atoms with Crippen LogP contribution in [-0.4, -0.2) is 9.13 Å². The second-order valence-electron chi connectivity index (χ2n) is 24.9. The average Bonchev–Trinajstić information content (AvgIpc) is 1.05. The van der Waals surface area contributed by atoms with E-state index in [1.807, 2.05) is 0 Å². The molecule has 0 saturated carbocycles. The number of anilines is 6. The predicted molar refractivity (Wildman–Crippen MR) is 359 cm³/mol. The van der Waals surface area contributed by atoms with Gasteiger partial charge in [-0.1, -0.05) is 173 Å². The van der Waals surface area contributed by atoms with Crippen molar-refractivity contribution in [2.24, 2.45) is 0 Å². The van der Waals surface area contributed by atoms with Gasteiger partial charge in [0.2, 0.25) is 0 Å². The number of nitrogens with zero attached hydrogens (tertiary/aromatic N) is 4. The van der Waals surface area contributed by atoms with Gasteiger partial charge in [0.25, 0.3) is 0 Å². The van der Waals surface area contributed by atoms with Crippen LogP contribution in [0.15, 0.2) is 206 Å². The smallest absolute Gasteiger partial charge is 0.0782 e. The molecule has 0 amide bonds. The second-order valence-corrected chi connectivity index (χ2v) is 24.9. The fraction of sp³-hybridized carbons (Fsp3) is 0.200. The highest BCUT2D eigenvalue weighted by molar-refractivity contribution is 6.30. The van der Waals surface area contributed by atoms with Gasteiger partial charge in [-0.3, -0.25) is 0 Å². The normalized spacial score (nSPS) is 13.7. The van der Waals surface area contributed by atoms with Crippen molar-refractivity contribution in [3.8, 4) is 11.4 Å². The first kappa shape index (κ1) is 50.6. The number of hydrogen-bond acceptors (Lipinski definition) is 2. The third-order valence-corrected chi connectivity index (χ3v) is 19.4. The minimum atomic E-state index is 0.242. The minimum Gasteiger partial charge on any atom is -0.307 e. The lowest BCUT2D eigenvalue weighted by Gasteiger charge is -2.34. The molecule has 16 rings (SSSR count). The molecule has 0 bridgehead atoms. The molecule has 410 valence electrons. The van der Waals surface area contributed by atoms with Gasteiger partial charge in [-0.25, -0.2) is 0 Å². The summed E-state index contributed by atoms with van der Waals surface area (Å²) in [7, 11) is 0. The molecule has 0 radical (unpaired) electrons. The van der Waals surface area contributed by atoms with E-state index in [4.69, 9.17) is 0 Å². The summed E-state index contributed by atoms with van der Waals surface area (Å²) in [5.41, 5.74) is 25.8. The maximum atomic E-state index is 2.72. The lowest BCUT2D eigenvalue weighted by atomic mass is 9.83. The van der Waals surface area contributed by atoms with Crippen LogP contribution in [0.4, 0.5) is 34.1 Å². The van der Waals surface area contributed by atoms with Gasteiger partial charge in [0, 0.05) is 55.1 Å². The SMILES string of the molecule is Cc1ccccc1-n1c2ccccc2c2cccc(N(c3cccc4c3CCCC4)c3cc(C(C)C)c4ccc5c(N(c6cccc7c6CCCC7)c6cccc7c8ccccc8n(-c8ccccc8C)c67)cc(C(C)C)c6ccc3c4c65)c21. The Kier molecular flexibility index (Phi) is 11.9. The summed E-state index contributed by atoms with van der Waals surface area (Å²) < 4.78 is 5.13. The van der Waals surface area contributed by atoms with E-state index in [0.717, 1.165) is 25.7 Å². The highest BCUT2D eigenvalue weighted by Gasteiger charge is 2.32. The Balaban J connectivity index is 1.05. The Morgan fingerprint density at radius 1 is 0.321 bits per heavy atom. The summed E-state index contributed by atoms with van der Waals surface area (Å²) in [6.45, 7) is 14.1. The maximum absolute atomic E-state index is 2.72. The first-order valence-corrected chi connectivity index (χ1v) is 31.0. The molecule has 2 heterocycles. The molecule has 0 saturated heterocycles. The largest absolute Gasteiger partial charge is 0.307 e. The van der Waals surface area contributed by atoms with Crippen molar-refractivity contribution in [3.05, 3.63) is 251 Å². The van der Waals surface area contributed by atoms with Crippen LogP contribution in [0.1, 0.15) is 110 Å². The van der Waals surface area contributed by atoms with E-state index < -0.39 is 0 Å². The van der Waals surface area contributed by atoms with Gasteiger partial charge in [-0.2, -0.15) is 0 Å². The molecule has 2 aliphatic rings. The molecule has 2 aromatic heterocycles. The van der Waals surface area contributed by atoms with E-state index >= 15 is 0 Å². The molecule has 4 nitrogen and oxygen atoms in total. The van der Waals surface area contributed by atoms with Crippen molar-refractivity contribution >= 4 is 110 Å². The molecular formula is C80H70N4. The predicted octanol–water partition coefficient (Wildman–Crippen LogP) is 22.3. The van der Waals surface area contributed by atoms with Crippen LogP contribution in [0, 0.1) is 13.8 Å². The number of fused-ring (bicyclic) bond motifs is 8. The fourth-order valence-electron chi connectivity index (χ4n) is 15.5. The third-order valence-electron chi connectivity index (χ3n) is 19.4. The van der Waals surface area contributed by atoms with Gasteiger partial charge < -0.3 is 18.9 Å². The van der Waals surface area contributed by atoms with Crippen LogP contribution < -0.4 is 9.80 Å². The van der Waals surface area contributed by atoms with Gasteiger partial charge in [-0.15, -0.1) is 0 Å². The number of hydrogen-bond donors (Lipinski definition) is 0.